The van der Waals surface area contributed by atoms with Crippen molar-refractivity contribution in [3.8, 4) is 0 Å². The Kier molecular flexibility index (Phi) is 4.74. The highest BCUT2D eigenvalue weighted by atomic mass is 16.2. The molecule has 0 fully saturated rings. The number of hydrogen-bond acceptors (Lipinski definition) is 3. The number of urea groups is 1. The van der Waals surface area contributed by atoms with Gasteiger partial charge in [0.25, 0.3) is 11.8 Å². The minimum Gasteiger partial charge on any atom is -0.334 e. The molecule has 6 nitrogen and oxygen atoms in total. The lowest BCUT2D eigenvalue weighted by molar-refractivity contribution is 0.0507. The van der Waals surface area contributed by atoms with E-state index < -0.39 is 5.54 Å². The van der Waals surface area contributed by atoms with Crippen LogP contribution >= 0.6 is 0 Å². The average molecular weight is 365 g/mol. The molecule has 0 atom stereocenters. The van der Waals surface area contributed by atoms with Crippen molar-refractivity contribution in [3.63, 3.8) is 0 Å². The summed E-state index contributed by atoms with van der Waals surface area (Å²) in [6.45, 7) is 7.83. The van der Waals surface area contributed by atoms with Crippen LogP contribution in [0.15, 0.2) is 42.5 Å². The van der Waals surface area contributed by atoms with Gasteiger partial charge in [-0.1, -0.05) is 29.8 Å². The van der Waals surface area contributed by atoms with E-state index in [1.165, 1.54) is 4.90 Å². The van der Waals surface area contributed by atoms with Crippen molar-refractivity contribution in [2.75, 3.05) is 5.32 Å². The van der Waals surface area contributed by atoms with Gasteiger partial charge in [-0.15, -0.1) is 0 Å². The Morgan fingerprint density at radius 3 is 2.37 bits per heavy atom. The number of fused-ring (bicyclic) bond motifs is 1. The van der Waals surface area contributed by atoms with Crippen molar-refractivity contribution in [1.82, 2.24) is 10.2 Å². The monoisotopic (exact) mass is 365 g/mol. The maximum absolute atomic E-state index is 12.6. The van der Waals surface area contributed by atoms with Crippen LogP contribution < -0.4 is 10.6 Å². The summed E-state index contributed by atoms with van der Waals surface area (Å²) < 4.78 is 0. The molecule has 140 valence electrons. The van der Waals surface area contributed by atoms with E-state index in [9.17, 15) is 14.4 Å². The molecule has 2 aromatic carbocycles. The van der Waals surface area contributed by atoms with Crippen LogP contribution in [0.25, 0.3) is 0 Å². The van der Waals surface area contributed by atoms with Crippen molar-refractivity contribution in [1.29, 1.82) is 0 Å². The van der Waals surface area contributed by atoms with Crippen molar-refractivity contribution in [3.05, 3.63) is 64.7 Å². The van der Waals surface area contributed by atoms with Gasteiger partial charge < -0.3 is 10.6 Å². The maximum Gasteiger partial charge on any atom is 0.319 e. The van der Waals surface area contributed by atoms with Crippen LogP contribution in [0.4, 0.5) is 10.5 Å². The summed E-state index contributed by atoms with van der Waals surface area (Å²) in [4.78, 5) is 38.5. The van der Waals surface area contributed by atoms with Gasteiger partial charge in [0.05, 0.1) is 11.1 Å². The Balaban J connectivity index is 1.70. The second-order valence-corrected chi connectivity index (χ2v) is 7.67. The van der Waals surface area contributed by atoms with Crippen LogP contribution in [0.2, 0.25) is 0 Å². The number of anilines is 1. The van der Waals surface area contributed by atoms with Gasteiger partial charge in [0.1, 0.15) is 0 Å². The average Bonchev–Trinajstić information content (AvgIpc) is 2.83. The molecule has 6 heteroatoms. The number of nitrogens with zero attached hydrogens (tertiary/aromatic N) is 1. The first-order chi connectivity index (χ1) is 12.7. The molecule has 1 heterocycles. The molecule has 0 unspecified atom stereocenters. The van der Waals surface area contributed by atoms with Crippen molar-refractivity contribution >= 4 is 23.5 Å². The highest BCUT2D eigenvalue weighted by Gasteiger charge is 2.41. The third-order valence-corrected chi connectivity index (χ3v) is 4.35. The molecule has 0 radical (unpaired) electrons. The van der Waals surface area contributed by atoms with E-state index in [4.69, 9.17) is 0 Å². The Labute approximate surface area is 158 Å². The topological polar surface area (TPSA) is 78.5 Å². The SMILES string of the molecule is Cc1cccc(CNC(=O)Nc2ccc3c(c2)C(=O)N(C(C)(C)C)C3=O)c1. The fourth-order valence-electron chi connectivity index (χ4n) is 3.11. The molecule has 27 heavy (non-hydrogen) atoms. The zero-order valence-corrected chi connectivity index (χ0v) is 15.9. The summed E-state index contributed by atoms with van der Waals surface area (Å²) in [6, 6.07) is 12.3. The van der Waals surface area contributed by atoms with E-state index in [1.807, 2.05) is 52.0 Å². The van der Waals surface area contributed by atoms with Gasteiger partial charge in [-0.3, -0.25) is 14.5 Å². The molecule has 0 aromatic heterocycles. The van der Waals surface area contributed by atoms with E-state index in [0.29, 0.717) is 23.4 Å². The second-order valence-electron chi connectivity index (χ2n) is 7.67. The third-order valence-electron chi connectivity index (χ3n) is 4.35. The Bertz CT molecular complexity index is 929. The fourth-order valence-corrected chi connectivity index (χ4v) is 3.11. The quantitative estimate of drug-likeness (QED) is 0.814. The third kappa shape index (κ3) is 3.84. The number of nitrogens with one attached hydrogen (secondary N) is 2. The number of imide groups is 1. The summed E-state index contributed by atoms with van der Waals surface area (Å²) >= 11 is 0. The van der Waals surface area contributed by atoms with Crippen molar-refractivity contribution < 1.29 is 14.4 Å². The first kappa shape index (κ1) is 18.6. The number of carbonyl (C=O) groups excluding carboxylic acids is 3. The van der Waals surface area contributed by atoms with Gasteiger partial charge in [0, 0.05) is 17.8 Å². The molecule has 0 bridgehead atoms. The molecule has 1 aliphatic heterocycles. The summed E-state index contributed by atoms with van der Waals surface area (Å²) in [7, 11) is 0. The first-order valence-electron chi connectivity index (χ1n) is 8.80. The molecular weight excluding hydrogens is 342 g/mol. The molecule has 1 aliphatic rings. The molecule has 2 N–H and O–H groups in total. The number of benzene rings is 2. The largest absolute Gasteiger partial charge is 0.334 e. The normalized spacial score (nSPS) is 13.6. The maximum atomic E-state index is 12.6. The zero-order valence-electron chi connectivity index (χ0n) is 15.9. The summed E-state index contributed by atoms with van der Waals surface area (Å²) in [5.41, 5.74) is 2.66. The van der Waals surface area contributed by atoms with Gasteiger partial charge in [-0.05, 0) is 51.5 Å². The molecule has 0 saturated heterocycles. The minimum atomic E-state index is -0.605. The van der Waals surface area contributed by atoms with Crippen LogP contribution in [0.3, 0.4) is 0 Å². The lowest BCUT2D eigenvalue weighted by atomic mass is 10.1. The molecular formula is C21H23N3O3. The van der Waals surface area contributed by atoms with E-state index in [0.717, 1.165) is 11.1 Å². The van der Waals surface area contributed by atoms with Crippen LogP contribution in [-0.4, -0.2) is 28.3 Å². The Morgan fingerprint density at radius 2 is 1.70 bits per heavy atom. The predicted octanol–water partition coefficient (Wildman–Crippen LogP) is 3.71. The van der Waals surface area contributed by atoms with Crippen LogP contribution in [-0.2, 0) is 6.54 Å². The predicted molar refractivity (Wildman–Crippen MR) is 104 cm³/mol. The fraction of sp³-hybridized carbons (Fsp3) is 0.286. The van der Waals surface area contributed by atoms with E-state index in [-0.39, 0.29) is 17.8 Å². The number of aryl methyl sites for hydroxylation is 1. The summed E-state index contributed by atoms with van der Waals surface area (Å²) in [5.74, 6) is -0.649. The standard InChI is InChI=1S/C21H23N3O3/c1-13-6-5-7-14(10-13)12-22-20(27)23-15-8-9-16-17(11-15)19(26)24(18(16)25)21(2,3)4/h5-11H,12H2,1-4H3,(H2,22,23,27). The van der Waals surface area contributed by atoms with Gasteiger partial charge >= 0.3 is 6.03 Å². The highest BCUT2D eigenvalue weighted by molar-refractivity contribution is 6.22. The van der Waals surface area contributed by atoms with E-state index in [2.05, 4.69) is 10.6 Å². The summed E-state index contributed by atoms with van der Waals surface area (Å²) in [6.07, 6.45) is 0. The minimum absolute atomic E-state index is 0.307. The number of rotatable bonds is 3. The van der Waals surface area contributed by atoms with E-state index in [1.54, 1.807) is 18.2 Å². The smallest absolute Gasteiger partial charge is 0.319 e. The number of amides is 4. The Morgan fingerprint density at radius 1 is 1.00 bits per heavy atom. The molecule has 0 spiro atoms. The van der Waals surface area contributed by atoms with Gasteiger partial charge in [-0.2, -0.15) is 0 Å². The summed E-state index contributed by atoms with van der Waals surface area (Å²) in [5, 5.41) is 5.50. The number of hydrogen-bond donors (Lipinski definition) is 2. The molecule has 3 rings (SSSR count). The molecule has 2 aromatic rings. The van der Waals surface area contributed by atoms with Crippen molar-refractivity contribution in [2.45, 2.75) is 39.8 Å². The van der Waals surface area contributed by atoms with Crippen molar-refractivity contribution in [2.24, 2.45) is 0 Å². The lowest BCUT2D eigenvalue weighted by Gasteiger charge is -2.29. The van der Waals surface area contributed by atoms with Crippen LogP contribution in [0.1, 0.15) is 52.6 Å². The Hall–Kier alpha value is -3.15. The molecule has 0 aliphatic carbocycles. The highest BCUT2D eigenvalue weighted by Crippen LogP contribution is 2.30. The zero-order chi connectivity index (χ0) is 19.8. The second kappa shape index (κ2) is 6.87. The number of carbonyl (C=O) groups is 3. The lowest BCUT2D eigenvalue weighted by Crippen LogP contribution is -2.45. The van der Waals surface area contributed by atoms with Gasteiger partial charge in [-0.25, -0.2) is 4.79 Å². The van der Waals surface area contributed by atoms with Gasteiger partial charge in [0.15, 0.2) is 0 Å². The van der Waals surface area contributed by atoms with E-state index >= 15 is 0 Å². The first-order valence-corrected chi connectivity index (χ1v) is 8.80. The van der Waals surface area contributed by atoms with Crippen LogP contribution in [0.5, 0.6) is 0 Å². The molecule has 4 amide bonds. The van der Waals surface area contributed by atoms with Gasteiger partial charge in [0.2, 0.25) is 0 Å². The van der Waals surface area contributed by atoms with Crippen LogP contribution in [0, 0.1) is 6.92 Å². The molecule has 0 saturated carbocycles.